The Morgan fingerprint density at radius 2 is 1.64 bits per heavy atom. The Balaban J connectivity index is 2.08. The highest BCUT2D eigenvalue weighted by molar-refractivity contribution is 7.89. The van der Waals surface area contributed by atoms with Crippen LogP contribution in [0.25, 0.3) is 0 Å². The smallest absolute Gasteiger partial charge is 0.320 e. The summed E-state index contributed by atoms with van der Waals surface area (Å²) in [7, 11) is -3.53. The van der Waals surface area contributed by atoms with E-state index in [1.165, 1.54) is 4.31 Å². The fourth-order valence-electron chi connectivity index (χ4n) is 3.20. The molecule has 140 valence electrons. The fourth-order valence-corrected chi connectivity index (χ4v) is 4.62. The molecule has 2 unspecified atom stereocenters. The summed E-state index contributed by atoms with van der Waals surface area (Å²) in [5, 5.41) is 9.25. The zero-order valence-electron chi connectivity index (χ0n) is 15.2. The molecule has 0 spiro atoms. The van der Waals surface area contributed by atoms with Gasteiger partial charge < -0.3 is 5.11 Å². The van der Waals surface area contributed by atoms with Gasteiger partial charge in [-0.1, -0.05) is 32.9 Å². The van der Waals surface area contributed by atoms with Crippen LogP contribution in [0.3, 0.4) is 0 Å². The van der Waals surface area contributed by atoms with E-state index in [1.54, 1.807) is 12.1 Å². The molecule has 1 saturated heterocycles. The Kier molecular flexibility index (Phi) is 6.59. The first-order valence-electron chi connectivity index (χ1n) is 8.88. The molecule has 1 N–H and O–H groups in total. The Labute approximate surface area is 150 Å². The molecule has 2 rings (SSSR count). The lowest BCUT2D eigenvalue weighted by molar-refractivity contribution is -0.143. The van der Waals surface area contributed by atoms with E-state index < -0.39 is 22.0 Å². The highest BCUT2D eigenvalue weighted by Gasteiger charge is 2.32. The maximum Gasteiger partial charge on any atom is 0.320 e. The third-order valence-corrected chi connectivity index (χ3v) is 7.00. The molecule has 1 aromatic rings. The maximum absolute atomic E-state index is 12.8. The van der Waals surface area contributed by atoms with Gasteiger partial charge >= 0.3 is 5.97 Å². The van der Waals surface area contributed by atoms with Crippen molar-refractivity contribution in [1.82, 2.24) is 9.21 Å². The summed E-state index contributed by atoms with van der Waals surface area (Å²) in [5.74, 6) is -0.443. The molecule has 0 amide bonds. The molecule has 0 aliphatic carbocycles. The van der Waals surface area contributed by atoms with E-state index in [1.807, 2.05) is 24.0 Å². The molecule has 7 heteroatoms. The number of nitrogens with zero attached hydrogens (tertiary/aromatic N) is 2. The number of hydrogen-bond donors (Lipinski definition) is 1. The molecule has 25 heavy (non-hydrogen) atoms. The average Bonchev–Trinajstić information content (AvgIpc) is 2.62. The second-order valence-corrected chi connectivity index (χ2v) is 8.52. The number of benzene rings is 1. The molecular weight excluding hydrogens is 340 g/mol. The van der Waals surface area contributed by atoms with Gasteiger partial charge in [-0.25, -0.2) is 8.42 Å². The van der Waals surface area contributed by atoms with Gasteiger partial charge in [0.1, 0.15) is 6.04 Å². The maximum atomic E-state index is 12.8. The number of carboxylic acid groups (broad SMARTS) is 1. The first-order chi connectivity index (χ1) is 11.8. The molecule has 0 bridgehead atoms. The molecule has 1 aliphatic heterocycles. The lowest BCUT2D eigenvalue weighted by atomic mass is 9.99. The summed E-state index contributed by atoms with van der Waals surface area (Å²) in [6.45, 7) is 7.58. The monoisotopic (exact) mass is 368 g/mol. The molecule has 1 fully saturated rings. The van der Waals surface area contributed by atoms with Crippen molar-refractivity contribution < 1.29 is 18.3 Å². The molecule has 0 aromatic heterocycles. The van der Waals surface area contributed by atoms with Crippen molar-refractivity contribution >= 4 is 16.0 Å². The van der Waals surface area contributed by atoms with Gasteiger partial charge in [-0.05, 0) is 36.5 Å². The van der Waals surface area contributed by atoms with Crippen molar-refractivity contribution in [3.8, 4) is 0 Å². The van der Waals surface area contributed by atoms with Gasteiger partial charge in [0.05, 0.1) is 4.90 Å². The Bertz CT molecular complexity index is 680. The summed E-state index contributed by atoms with van der Waals surface area (Å²) in [4.78, 5) is 13.4. The van der Waals surface area contributed by atoms with Crippen LogP contribution in [0, 0.1) is 0 Å². The predicted molar refractivity (Wildman–Crippen MR) is 97.2 cm³/mol. The summed E-state index contributed by atoms with van der Waals surface area (Å²) in [6, 6.07) is 6.58. The first-order valence-corrected chi connectivity index (χ1v) is 10.3. The number of carboxylic acids is 1. The Morgan fingerprint density at radius 3 is 2.08 bits per heavy atom. The van der Waals surface area contributed by atoms with Gasteiger partial charge in [0.15, 0.2) is 0 Å². The standard InChI is InChI=1S/C18H28N2O4S/c1-4-14(3)15-6-8-16(9-7-15)25(23,24)20-12-10-19(11-13-20)17(5-2)18(21)22/h6-9,14,17H,4-5,10-13H2,1-3H3,(H,21,22). The van der Waals surface area contributed by atoms with E-state index in [-0.39, 0.29) is 0 Å². The number of aliphatic carboxylic acids is 1. The second kappa shape index (κ2) is 8.29. The number of rotatable bonds is 7. The SMILES string of the molecule is CCC(C)c1ccc(S(=O)(=O)N2CCN(C(CC)C(=O)O)CC2)cc1. The van der Waals surface area contributed by atoms with Crippen LogP contribution >= 0.6 is 0 Å². The Hall–Kier alpha value is -1.44. The van der Waals surface area contributed by atoms with Crippen LogP contribution in [-0.2, 0) is 14.8 Å². The van der Waals surface area contributed by atoms with Gasteiger partial charge in [-0.15, -0.1) is 0 Å². The van der Waals surface area contributed by atoms with E-state index in [4.69, 9.17) is 0 Å². The second-order valence-electron chi connectivity index (χ2n) is 6.58. The van der Waals surface area contributed by atoms with E-state index in [0.717, 1.165) is 12.0 Å². The fraction of sp³-hybridized carbons (Fsp3) is 0.611. The third kappa shape index (κ3) is 4.40. The van der Waals surface area contributed by atoms with Crippen molar-refractivity contribution in [2.45, 2.75) is 50.5 Å². The van der Waals surface area contributed by atoms with Gasteiger partial charge in [0.2, 0.25) is 10.0 Å². The molecule has 1 aliphatic rings. The Morgan fingerprint density at radius 1 is 1.08 bits per heavy atom. The van der Waals surface area contributed by atoms with Crippen LogP contribution in [0.4, 0.5) is 0 Å². The zero-order valence-corrected chi connectivity index (χ0v) is 16.0. The summed E-state index contributed by atoms with van der Waals surface area (Å²) in [6.07, 6.45) is 1.52. The average molecular weight is 368 g/mol. The number of sulfonamides is 1. The third-order valence-electron chi connectivity index (χ3n) is 5.09. The predicted octanol–water partition coefficient (Wildman–Crippen LogP) is 2.37. The van der Waals surface area contributed by atoms with Crippen LogP contribution in [0.1, 0.15) is 45.1 Å². The number of hydrogen-bond acceptors (Lipinski definition) is 4. The summed E-state index contributed by atoms with van der Waals surface area (Å²) in [5.41, 5.74) is 1.14. The largest absolute Gasteiger partial charge is 0.480 e. The minimum Gasteiger partial charge on any atom is -0.480 e. The lowest BCUT2D eigenvalue weighted by Crippen LogP contribution is -2.53. The topological polar surface area (TPSA) is 77.9 Å². The molecular formula is C18H28N2O4S. The minimum atomic E-state index is -3.53. The number of piperazine rings is 1. The van der Waals surface area contributed by atoms with Crippen LogP contribution < -0.4 is 0 Å². The van der Waals surface area contributed by atoms with E-state index in [9.17, 15) is 18.3 Å². The van der Waals surface area contributed by atoms with Crippen molar-refractivity contribution in [3.05, 3.63) is 29.8 Å². The molecule has 1 heterocycles. The number of carbonyl (C=O) groups is 1. The highest BCUT2D eigenvalue weighted by Crippen LogP contribution is 2.23. The van der Waals surface area contributed by atoms with E-state index in [0.29, 0.717) is 43.4 Å². The van der Waals surface area contributed by atoms with Crippen molar-refractivity contribution in [2.75, 3.05) is 26.2 Å². The van der Waals surface area contributed by atoms with Crippen molar-refractivity contribution in [3.63, 3.8) is 0 Å². The first kappa shape index (κ1) is 19.9. The van der Waals surface area contributed by atoms with Crippen LogP contribution in [-0.4, -0.2) is 60.9 Å². The van der Waals surface area contributed by atoms with E-state index >= 15 is 0 Å². The van der Waals surface area contributed by atoms with Crippen LogP contribution in [0.2, 0.25) is 0 Å². The van der Waals surface area contributed by atoms with Crippen LogP contribution in [0.5, 0.6) is 0 Å². The summed E-state index contributed by atoms with van der Waals surface area (Å²) < 4.78 is 27.1. The minimum absolute atomic E-state index is 0.304. The van der Waals surface area contributed by atoms with Gasteiger partial charge in [-0.3, -0.25) is 9.69 Å². The molecule has 0 saturated carbocycles. The van der Waals surface area contributed by atoms with E-state index in [2.05, 4.69) is 13.8 Å². The van der Waals surface area contributed by atoms with Gasteiger partial charge in [-0.2, -0.15) is 4.31 Å². The summed E-state index contributed by atoms with van der Waals surface area (Å²) >= 11 is 0. The van der Waals surface area contributed by atoms with Gasteiger partial charge in [0, 0.05) is 26.2 Å². The molecule has 2 atom stereocenters. The normalized spacial score (nSPS) is 19.5. The molecule has 6 nitrogen and oxygen atoms in total. The van der Waals surface area contributed by atoms with Crippen molar-refractivity contribution in [1.29, 1.82) is 0 Å². The van der Waals surface area contributed by atoms with Crippen molar-refractivity contribution in [2.24, 2.45) is 0 Å². The van der Waals surface area contributed by atoms with Crippen LogP contribution in [0.15, 0.2) is 29.2 Å². The van der Waals surface area contributed by atoms with Gasteiger partial charge in [0.25, 0.3) is 0 Å². The molecule has 1 aromatic carbocycles. The zero-order chi connectivity index (χ0) is 18.6. The molecule has 0 radical (unpaired) electrons. The highest BCUT2D eigenvalue weighted by atomic mass is 32.2. The lowest BCUT2D eigenvalue weighted by Gasteiger charge is -2.36. The quantitative estimate of drug-likeness (QED) is 0.799.